The summed E-state index contributed by atoms with van der Waals surface area (Å²) in [4.78, 5) is 13.7. The van der Waals surface area contributed by atoms with Crippen LogP contribution >= 0.6 is 0 Å². The molecule has 0 bridgehead atoms. The van der Waals surface area contributed by atoms with Crippen LogP contribution in [0, 0.1) is 0 Å². The molecule has 1 heterocycles. The van der Waals surface area contributed by atoms with Gasteiger partial charge in [-0.2, -0.15) is 0 Å². The van der Waals surface area contributed by atoms with Gasteiger partial charge in [-0.1, -0.05) is 13.8 Å². The number of carbonyl (C=O) groups is 1. The molecule has 0 aliphatic rings. The number of imidazole rings is 1. The van der Waals surface area contributed by atoms with E-state index in [1.807, 2.05) is 34.9 Å². The van der Waals surface area contributed by atoms with Gasteiger partial charge in [0.05, 0.1) is 13.6 Å². The van der Waals surface area contributed by atoms with Crippen LogP contribution in [0.15, 0.2) is 18.7 Å². The van der Waals surface area contributed by atoms with Crippen LogP contribution in [0.2, 0.25) is 0 Å². The first kappa shape index (κ1) is 16.1. The zero-order valence-corrected chi connectivity index (χ0v) is 12.3. The van der Waals surface area contributed by atoms with Crippen molar-refractivity contribution >= 4 is 5.91 Å². The number of halogens is 1. The van der Waals surface area contributed by atoms with E-state index in [1.54, 1.807) is 0 Å². The molecule has 1 rings (SSSR count). The largest absolute Gasteiger partial charge is 1.00 e. The Morgan fingerprint density at radius 1 is 1.41 bits per heavy atom. The Balaban J connectivity index is 0.00000256. The molecule has 1 amide bonds. The van der Waals surface area contributed by atoms with Crippen LogP contribution in [0.3, 0.4) is 0 Å². The second kappa shape index (κ2) is 8.25. The highest BCUT2D eigenvalue weighted by molar-refractivity contribution is 5.77. The molecule has 0 unspecified atom stereocenters. The number of amides is 1. The molecule has 0 aromatic carbocycles. The average molecular weight is 305 g/mol. The number of carbonyl (C=O) groups excluding carboxylic acids is 1. The number of nitrogens with zero attached hydrogens (tertiary/aromatic N) is 3. The third-order valence-electron chi connectivity index (χ3n) is 2.54. The molecule has 0 aliphatic heterocycles. The number of likely N-dealkylation sites (N-methyl/N-ethyl adjacent to an activating group) is 1. The summed E-state index contributed by atoms with van der Waals surface area (Å²) in [5.74, 6) is 0.0695. The van der Waals surface area contributed by atoms with E-state index in [2.05, 4.69) is 24.1 Å². The van der Waals surface area contributed by atoms with Crippen molar-refractivity contribution in [1.82, 2.24) is 14.8 Å². The second-order valence-corrected chi connectivity index (χ2v) is 3.81. The van der Waals surface area contributed by atoms with E-state index in [0.717, 1.165) is 13.1 Å². The lowest BCUT2D eigenvalue weighted by Gasteiger charge is -2.16. The fourth-order valence-electron chi connectivity index (χ4n) is 1.48. The number of aromatic nitrogens is 2. The lowest BCUT2D eigenvalue weighted by molar-refractivity contribution is -0.699. The summed E-state index contributed by atoms with van der Waals surface area (Å²) in [6.45, 7) is 6.93. The fourth-order valence-corrected chi connectivity index (χ4v) is 1.48. The Labute approximate surface area is 113 Å². The summed E-state index contributed by atoms with van der Waals surface area (Å²) in [6, 6.07) is 0. The molecule has 0 saturated heterocycles. The highest BCUT2D eigenvalue weighted by Gasteiger charge is 2.07. The van der Waals surface area contributed by atoms with Gasteiger partial charge in [0.2, 0.25) is 12.2 Å². The van der Waals surface area contributed by atoms with Gasteiger partial charge in [0.15, 0.2) is 6.67 Å². The van der Waals surface area contributed by atoms with Crippen LogP contribution in [-0.4, -0.2) is 35.0 Å². The van der Waals surface area contributed by atoms with E-state index in [0.29, 0.717) is 13.2 Å². The lowest BCUT2D eigenvalue weighted by Crippen LogP contribution is -3.00. The predicted octanol–water partition coefficient (Wildman–Crippen LogP) is -3.27. The molecule has 0 spiro atoms. The molecular formula is C11H21BrN4O. The summed E-state index contributed by atoms with van der Waals surface area (Å²) in [5.41, 5.74) is 0. The van der Waals surface area contributed by atoms with Crippen LogP contribution < -0.4 is 26.9 Å². The van der Waals surface area contributed by atoms with Crippen molar-refractivity contribution in [3.8, 4) is 0 Å². The quantitative estimate of drug-likeness (QED) is 0.561. The van der Waals surface area contributed by atoms with Gasteiger partial charge in [-0.15, -0.1) is 0 Å². The molecule has 0 saturated carbocycles. The number of rotatable bonds is 6. The maximum Gasteiger partial charge on any atom is 0.245 e. The van der Waals surface area contributed by atoms with Crippen molar-refractivity contribution in [3.63, 3.8) is 0 Å². The Morgan fingerprint density at radius 2 is 2.06 bits per heavy atom. The van der Waals surface area contributed by atoms with E-state index in [1.165, 1.54) is 0 Å². The minimum absolute atomic E-state index is 0. The normalized spacial score (nSPS) is 10.1. The van der Waals surface area contributed by atoms with Gasteiger partial charge < -0.3 is 22.3 Å². The molecule has 0 radical (unpaired) electrons. The number of hydrogen-bond acceptors (Lipinski definition) is 2. The summed E-state index contributed by atoms with van der Waals surface area (Å²) in [6.07, 6.45) is 5.80. The van der Waals surface area contributed by atoms with Crippen molar-refractivity contribution in [1.29, 1.82) is 0 Å². The van der Waals surface area contributed by atoms with Gasteiger partial charge >= 0.3 is 0 Å². The van der Waals surface area contributed by atoms with Crippen LogP contribution in [0.1, 0.15) is 13.8 Å². The zero-order valence-electron chi connectivity index (χ0n) is 10.7. The Morgan fingerprint density at radius 3 is 2.53 bits per heavy atom. The van der Waals surface area contributed by atoms with Gasteiger partial charge in [-0.3, -0.25) is 9.69 Å². The first-order chi connectivity index (χ1) is 7.65. The third-order valence-corrected chi connectivity index (χ3v) is 2.54. The van der Waals surface area contributed by atoms with E-state index in [9.17, 15) is 4.79 Å². The monoisotopic (exact) mass is 304 g/mol. The molecule has 17 heavy (non-hydrogen) atoms. The third kappa shape index (κ3) is 5.83. The van der Waals surface area contributed by atoms with E-state index >= 15 is 0 Å². The number of nitrogens with one attached hydrogen (secondary N) is 1. The zero-order chi connectivity index (χ0) is 12.0. The standard InChI is InChI=1S/C11H20N4O.BrH/c1-4-14(5-2)8-11(16)12-9-15-7-6-13(3)10-15;/h6-7,10H,4-5,8-9H2,1-3H3;1H. The summed E-state index contributed by atoms with van der Waals surface area (Å²) >= 11 is 0. The van der Waals surface area contributed by atoms with Gasteiger partial charge in [-0.05, 0) is 13.1 Å². The predicted molar refractivity (Wildman–Crippen MR) is 61.5 cm³/mol. The van der Waals surface area contributed by atoms with Gasteiger partial charge in [0, 0.05) is 0 Å². The average Bonchev–Trinajstić information content (AvgIpc) is 2.69. The molecule has 98 valence electrons. The maximum absolute atomic E-state index is 11.6. The first-order valence-electron chi connectivity index (χ1n) is 5.65. The highest BCUT2D eigenvalue weighted by atomic mass is 79.9. The van der Waals surface area contributed by atoms with Gasteiger partial charge in [0.1, 0.15) is 12.4 Å². The van der Waals surface area contributed by atoms with Gasteiger partial charge in [0.25, 0.3) is 0 Å². The minimum atomic E-state index is 0. The second-order valence-electron chi connectivity index (χ2n) is 3.81. The van der Waals surface area contributed by atoms with Crippen LogP contribution in [0.5, 0.6) is 0 Å². The van der Waals surface area contributed by atoms with Crippen molar-refractivity contribution < 1.29 is 26.3 Å². The Kier molecular flexibility index (Phi) is 7.82. The molecule has 1 N–H and O–H groups in total. The van der Waals surface area contributed by atoms with Crippen molar-refractivity contribution in [2.24, 2.45) is 7.05 Å². The SMILES string of the molecule is CCN(CC)CC(=O)NC[n+]1ccn(C)c1.[Br-]. The maximum atomic E-state index is 11.6. The minimum Gasteiger partial charge on any atom is -1.00 e. The van der Waals surface area contributed by atoms with Crippen molar-refractivity contribution in [2.75, 3.05) is 19.6 Å². The van der Waals surface area contributed by atoms with Crippen LogP contribution in [0.4, 0.5) is 0 Å². The van der Waals surface area contributed by atoms with Crippen LogP contribution in [-0.2, 0) is 18.5 Å². The Hall–Kier alpha value is -0.880. The molecular weight excluding hydrogens is 284 g/mol. The molecule has 6 heteroatoms. The van der Waals surface area contributed by atoms with E-state index in [-0.39, 0.29) is 22.9 Å². The van der Waals surface area contributed by atoms with E-state index in [4.69, 9.17) is 0 Å². The molecule has 0 atom stereocenters. The first-order valence-corrected chi connectivity index (χ1v) is 5.65. The smallest absolute Gasteiger partial charge is 0.245 e. The molecule has 1 aromatic rings. The summed E-state index contributed by atoms with van der Waals surface area (Å²) in [5, 5.41) is 2.88. The summed E-state index contributed by atoms with van der Waals surface area (Å²) in [7, 11) is 1.95. The molecule has 5 nitrogen and oxygen atoms in total. The van der Waals surface area contributed by atoms with Crippen LogP contribution in [0.25, 0.3) is 0 Å². The fraction of sp³-hybridized carbons (Fsp3) is 0.636. The number of aryl methyl sites for hydroxylation is 1. The molecule has 0 aliphatic carbocycles. The van der Waals surface area contributed by atoms with Crippen molar-refractivity contribution in [2.45, 2.75) is 20.5 Å². The highest BCUT2D eigenvalue weighted by Crippen LogP contribution is 1.85. The topological polar surface area (TPSA) is 41.2 Å². The van der Waals surface area contributed by atoms with E-state index < -0.39 is 0 Å². The summed E-state index contributed by atoms with van der Waals surface area (Å²) < 4.78 is 3.87. The Bertz CT molecular complexity index is 336. The van der Waals surface area contributed by atoms with Crippen molar-refractivity contribution in [3.05, 3.63) is 18.7 Å². The molecule has 1 aromatic heterocycles. The van der Waals surface area contributed by atoms with Gasteiger partial charge in [-0.25, -0.2) is 9.13 Å². The molecule has 0 fully saturated rings. The lowest BCUT2D eigenvalue weighted by atomic mass is 10.4. The number of hydrogen-bond donors (Lipinski definition) is 1.